The van der Waals surface area contributed by atoms with Crippen LogP contribution in [0.1, 0.15) is 29.1 Å². The summed E-state index contributed by atoms with van der Waals surface area (Å²) in [5, 5.41) is 18.7. The van der Waals surface area contributed by atoms with E-state index >= 15 is 0 Å². The molecule has 3 rings (SSSR count). The number of amides is 2. The maximum absolute atomic E-state index is 12.6. The molecule has 2 amide bonds. The van der Waals surface area contributed by atoms with E-state index in [-0.39, 0.29) is 17.9 Å². The molecule has 2 heterocycles. The van der Waals surface area contributed by atoms with Crippen molar-refractivity contribution in [3.63, 3.8) is 0 Å². The number of aliphatic carboxylic acids is 1. The van der Waals surface area contributed by atoms with E-state index in [4.69, 9.17) is 4.42 Å². The van der Waals surface area contributed by atoms with E-state index in [1.165, 1.54) is 17.1 Å². The Bertz CT molecular complexity index is 868. The van der Waals surface area contributed by atoms with Gasteiger partial charge < -0.3 is 20.2 Å². The average molecular weight is 372 g/mol. The molecule has 2 aromatic rings. The van der Waals surface area contributed by atoms with Gasteiger partial charge in [-0.25, -0.2) is 0 Å². The molecule has 0 aliphatic heterocycles. The maximum Gasteiger partial charge on any atom is 0.307 e. The Morgan fingerprint density at radius 3 is 2.70 bits per heavy atom. The van der Waals surface area contributed by atoms with Gasteiger partial charge in [-0.1, -0.05) is 12.2 Å². The molecule has 142 valence electrons. The predicted molar refractivity (Wildman–Crippen MR) is 94.7 cm³/mol. The van der Waals surface area contributed by atoms with Gasteiger partial charge in [0, 0.05) is 13.2 Å². The highest BCUT2D eigenvalue weighted by atomic mass is 16.4. The predicted octanol–water partition coefficient (Wildman–Crippen LogP) is 1.55. The minimum absolute atomic E-state index is 0.0515. The Balaban J connectivity index is 1.71. The Morgan fingerprint density at radius 2 is 2.04 bits per heavy atom. The van der Waals surface area contributed by atoms with Crippen LogP contribution in [0.4, 0.5) is 5.69 Å². The molecule has 0 spiro atoms. The lowest BCUT2D eigenvalue weighted by molar-refractivity contribution is -0.146. The molecule has 27 heavy (non-hydrogen) atoms. The Morgan fingerprint density at radius 1 is 1.30 bits per heavy atom. The third kappa shape index (κ3) is 4.25. The first-order valence-corrected chi connectivity index (χ1v) is 8.48. The Hall–Kier alpha value is -3.36. The van der Waals surface area contributed by atoms with Crippen molar-refractivity contribution >= 4 is 23.5 Å². The largest absolute Gasteiger partial charge is 0.481 e. The lowest BCUT2D eigenvalue weighted by Crippen LogP contribution is -2.35. The lowest BCUT2D eigenvalue weighted by Gasteiger charge is -2.24. The molecule has 1 aliphatic carbocycles. The number of aryl methyl sites for hydroxylation is 1. The number of carbonyl (C=O) groups excluding carboxylic acids is 2. The maximum atomic E-state index is 12.6. The Labute approximate surface area is 155 Å². The summed E-state index contributed by atoms with van der Waals surface area (Å²) in [6.45, 7) is 0.185. The van der Waals surface area contributed by atoms with E-state index < -0.39 is 29.6 Å². The fraction of sp³-hybridized carbons (Fsp3) is 0.333. The van der Waals surface area contributed by atoms with Crippen molar-refractivity contribution < 1.29 is 23.9 Å². The van der Waals surface area contributed by atoms with E-state index in [9.17, 15) is 19.5 Å². The molecule has 0 aromatic carbocycles. The van der Waals surface area contributed by atoms with Gasteiger partial charge in [0.15, 0.2) is 5.69 Å². The zero-order valence-corrected chi connectivity index (χ0v) is 14.7. The van der Waals surface area contributed by atoms with Gasteiger partial charge in [0.1, 0.15) is 5.76 Å². The van der Waals surface area contributed by atoms with Gasteiger partial charge in [-0.05, 0) is 25.0 Å². The number of nitrogens with one attached hydrogen (secondary N) is 2. The molecule has 9 heteroatoms. The van der Waals surface area contributed by atoms with Crippen LogP contribution in [0.2, 0.25) is 0 Å². The summed E-state index contributed by atoms with van der Waals surface area (Å²) in [7, 11) is 1.63. The molecule has 2 atom stereocenters. The highest BCUT2D eigenvalue weighted by Gasteiger charge is 2.34. The first-order valence-electron chi connectivity index (χ1n) is 8.48. The number of nitrogens with zero attached hydrogens (tertiary/aromatic N) is 2. The number of anilines is 1. The molecule has 2 unspecified atom stereocenters. The fourth-order valence-electron chi connectivity index (χ4n) is 3.01. The molecular formula is C18H20N4O5. The topological polar surface area (TPSA) is 126 Å². The Kier molecular flexibility index (Phi) is 5.39. The van der Waals surface area contributed by atoms with Gasteiger partial charge in [-0.3, -0.25) is 19.1 Å². The zero-order valence-electron chi connectivity index (χ0n) is 14.7. The van der Waals surface area contributed by atoms with E-state index in [1.807, 2.05) is 0 Å². The van der Waals surface area contributed by atoms with Gasteiger partial charge in [0.2, 0.25) is 5.91 Å². The summed E-state index contributed by atoms with van der Waals surface area (Å²) in [5.41, 5.74) is 0.286. The van der Waals surface area contributed by atoms with Crippen LogP contribution in [0.25, 0.3) is 0 Å². The van der Waals surface area contributed by atoms with E-state index in [0.29, 0.717) is 18.6 Å². The van der Waals surface area contributed by atoms with Crippen molar-refractivity contribution in [2.75, 3.05) is 5.32 Å². The van der Waals surface area contributed by atoms with Crippen molar-refractivity contribution in [3.8, 4) is 0 Å². The van der Waals surface area contributed by atoms with Crippen molar-refractivity contribution in [1.29, 1.82) is 0 Å². The molecule has 0 fully saturated rings. The molecule has 0 saturated heterocycles. The number of hydrogen-bond acceptors (Lipinski definition) is 5. The lowest BCUT2D eigenvalue weighted by atomic mass is 9.82. The zero-order chi connectivity index (χ0) is 19.4. The quantitative estimate of drug-likeness (QED) is 0.661. The molecule has 0 saturated carbocycles. The van der Waals surface area contributed by atoms with Crippen LogP contribution in [0.5, 0.6) is 0 Å². The smallest absolute Gasteiger partial charge is 0.307 e. The minimum atomic E-state index is -1.01. The van der Waals surface area contributed by atoms with Crippen LogP contribution in [-0.4, -0.2) is 32.7 Å². The monoisotopic (exact) mass is 372 g/mol. The van der Waals surface area contributed by atoms with Crippen LogP contribution in [0, 0.1) is 11.8 Å². The fourth-order valence-corrected chi connectivity index (χ4v) is 3.01. The highest BCUT2D eigenvalue weighted by molar-refractivity contribution is 6.03. The first kappa shape index (κ1) is 18.4. The van der Waals surface area contributed by atoms with E-state index in [1.54, 1.807) is 31.3 Å². The van der Waals surface area contributed by atoms with Gasteiger partial charge in [-0.15, -0.1) is 0 Å². The summed E-state index contributed by atoms with van der Waals surface area (Å²) in [6, 6.07) is 3.44. The molecule has 2 aromatic heterocycles. The molecular weight excluding hydrogens is 352 g/mol. The number of aromatic nitrogens is 2. The average Bonchev–Trinajstić information content (AvgIpc) is 3.29. The number of allylic oxidation sites excluding steroid dienone is 2. The SMILES string of the molecule is Cn1cc(NC(=O)C2CC=CCC2C(=O)O)c(C(=O)NCc2ccco2)n1. The van der Waals surface area contributed by atoms with Crippen molar-refractivity contribution in [2.24, 2.45) is 18.9 Å². The van der Waals surface area contributed by atoms with E-state index in [0.717, 1.165) is 0 Å². The van der Waals surface area contributed by atoms with Gasteiger partial charge in [0.25, 0.3) is 5.91 Å². The van der Waals surface area contributed by atoms with Crippen molar-refractivity contribution in [3.05, 3.63) is 48.2 Å². The summed E-state index contributed by atoms with van der Waals surface area (Å²) in [6.07, 6.45) is 7.21. The number of rotatable bonds is 6. The number of carboxylic acids is 1. The van der Waals surface area contributed by atoms with Crippen LogP contribution < -0.4 is 10.6 Å². The normalized spacial score (nSPS) is 18.9. The summed E-state index contributed by atoms with van der Waals surface area (Å²) in [5.74, 6) is -2.83. The number of carboxylic acid groups (broad SMARTS) is 1. The summed E-state index contributed by atoms with van der Waals surface area (Å²) in [4.78, 5) is 36.4. The summed E-state index contributed by atoms with van der Waals surface area (Å²) >= 11 is 0. The third-order valence-corrected chi connectivity index (χ3v) is 4.39. The third-order valence-electron chi connectivity index (χ3n) is 4.39. The van der Waals surface area contributed by atoms with Crippen LogP contribution in [0.15, 0.2) is 41.2 Å². The second kappa shape index (κ2) is 7.90. The number of furan rings is 1. The molecule has 0 radical (unpaired) electrons. The summed E-state index contributed by atoms with van der Waals surface area (Å²) < 4.78 is 6.57. The number of carbonyl (C=O) groups is 3. The van der Waals surface area contributed by atoms with Crippen molar-refractivity contribution in [2.45, 2.75) is 19.4 Å². The van der Waals surface area contributed by atoms with Crippen LogP contribution in [0.3, 0.4) is 0 Å². The van der Waals surface area contributed by atoms with Gasteiger partial charge >= 0.3 is 5.97 Å². The molecule has 3 N–H and O–H groups in total. The van der Waals surface area contributed by atoms with Crippen molar-refractivity contribution in [1.82, 2.24) is 15.1 Å². The molecule has 1 aliphatic rings. The number of hydrogen-bond donors (Lipinski definition) is 3. The van der Waals surface area contributed by atoms with Gasteiger partial charge in [0.05, 0.1) is 30.3 Å². The second-order valence-corrected chi connectivity index (χ2v) is 6.31. The van der Waals surface area contributed by atoms with Gasteiger partial charge in [-0.2, -0.15) is 5.10 Å². The standard InChI is InChI=1S/C18H20N4O5/c1-22-10-14(15(21-22)17(24)19-9-11-5-4-8-27-11)20-16(23)12-6-2-3-7-13(12)18(25)26/h2-5,8,10,12-13H,6-7,9H2,1H3,(H,19,24)(H,20,23)(H,25,26). The molecule has 9 nitrogen and oxygen atoms in total. The second-order valence-electron chi connectivity index (χ2n) is 6.31. The molecule has 0 bridgehead atoms. The van der Waals surface area contributed by atoms with Crippen LogP contribution >= 0.6 is 0 Å². The minimum Gasteiger partial charge on any atom is -0.481 e. The van der Waals surface area contributed by atoms with E-state index in [2.05, 4.69) is 15.7 Å². The first-order chi connectivity index (χ1) is 13.0. The van der Waals surface area contributed by atoms with Crippen LogP contribution in [-0.2, 0) is 23.2 Å². The highest BCUT2D eigenvalue weighted by Crippen LogP contribution is 2.27.